The number of hydrogen-bond acceptors (Lipinski definition) is 3. The van der Waals surface area contributed by atoms with Gasteiger partial charge in [-0.3, -0.25) is 4.79 Å². The molecule has 1 fully saturated rings. The summed E-state index contributed by atoms with van der Waals surface area (Å²) in [5.74, 6) is 0.126. The Morgan fingerprint density at radius 1 is 1.24 bits per heavy atom. The fourth-order valence-corrected chi connectivity index (χ4v) is 3.60. The Morgan fingerprint density at radius 3 is 2.68 bits per heavy atom. The van der Waals surface area contributed by atoms with Crippen LogP contribution in [-0.2, 0) is 11.2 Å². The van der Waals surface area contributed by atoms with E-state index in [2.05, 4.69) is 10.3 Å². The Labute approximate surface area is 161 Å². The molecule has 1 aliphatic carbocycles. The van der Waals surface area contributed by atoms with Crippen molar-refractivity contribution in [3.8, 4) is 0 Å². The van der Waals surface area contributed by atoms with Gasteiger partial charge in [-0.05, 0) is 36.9 Å². The number of nitrogens with one attached hydrogen (secondary N) is 1. The molecule has 0 saturated heterocycles. The van der Waals surface area contributed by atoms with Crippen molar-refractivity contribution >= 4 is 36.4 Å². The first-order chi connectivity index (χ1) is 11.2. The average molecular weight is 387 g/mol. The summed E-state index contributed by atoms with van der Waals surface area (Å²) in [5.41, 5.74) is 7.93. The van der Waals surface area contributed by atoms with E-state index in [-0.39, 0.29) is 36.1 Å². The number of nitrogens with zero attached hydrogens (tertiary/aromatic N) is 2. The molecule has 0 radical (unpaired) electrons. The summed E-state index contributed by atoms with van der Waals surface area (Å²) in [6.45, 7) is 1.25. The molecule has 2 heterocycles. The van der Waals surface area contributed by atoms with Crippen LogP contribution in [-0.4, -0.2) is 28.4 Å². The van der Waals surface area contributed by atoms with Crippen molar-refractivity contribution in [3.05, 3.63) is 36.3 Å². The number of aromatic nitrogens is 2. The molecule has 25 heavy (non-hydrogen) atoms. The van der Waals surface area contributed by atoms with Gasteiger partial charge in [0.05, 0.1) is 5.69 Å². The van der Waals surface area contributed by atoms with Gasteiger partial charge in [0.2, 0.25) is 5.91 Å². The van der Waals surface area contributed by atoms with E-state index >= 15 is 0 Å². The first-order valence-electron chi connectivity index (χ1n) is 8.60. The summed E-state index contributed by atoms with van der Waals surface area (Å²) in [7, 11) is 0. The lowest BCUT2D eigenvalue weighted by molar-refractivity contribution is -0.123. The minimum absolute atomic E-state index is 0. The van der Waals surface area contributed by atoms with E-state index in [0.29, 0.717) is 19.5 Å². The molecule has 5 nitrogen and oxygen atoms in total. The van der Waals surface area contributed by atoms with Crippen LogP contribution in [0.4, 0.5) is 0 Å². The summed E-state index contributed by atoms with van der Waals surface area (Å²) in [5, 5.41) is 3.04. The number of halogens is 2. The smallest absolute Gasteiger partial charge is 0.220 e. The highest BCUT2D eigenvalue weighted by molar-refractivity contribution is 5.85. The Morgan fingerprint density at radius 2 is 2.00 bits per heavy atom. The van der Waals surface area contributed by atoms with Crippen molar-refractivity contribution < 1.29 is 4.79 Å². The van der Waals surface area contributed by atoms with Crippen LogP contribution in [0.3, 0.4) is 0 Å². The molecule has 3 rings (SSSR count). The standard InChI is InChI=1S/C18H26N4O.2ClH/c19-14-18(8-3-1-4-9-18)12-17(23)20-10-7-15-13-22-11-5-2-6-16(22)21-15;;/h2,5-6,11,13H,1,3-4,7-10,12,14,19H2,(H,20,23);2*1H. The van der Waals surface area contributed by atoms with Gasteiger partial charge in [0.25, 0.3) is 0 Å². The maximum Gasteiger partial charge on any atom is 0.220 e. The Bertz CT molecular complexity index is 635. The third-order valence-electron chi connectivity index (χ3n) is 5.00. The molecule has 0 atom stereocenters. The Kier molecular flexibility index (Phi) is 8.69. The normalized spacial score (nSPS) is 15.9. The van der Waals surface area contributed by atoms with E-state index in [0.717, 1.165) is 30.6 Å². The second-order valence-corrected chi connectivity index (χ2v) is 6.74. The van der Waals surface area contributed by atoms with E-state index in [1.54, 1.807) is 0 Å². The molecule has 3 N–H and O–H groups in total. The number of rotatable bonds is 6. The van der Waals surface area contributed by atoms with Gasteiger partial charge in [-0.1, -0.05) is 25.3 Å². The number of imidazole rings is 1. The quantitative estimate of drug-likeness (QED) is 0.800. The second-order valence-electron chi connectivity index (χ2n) is 6.74. The number of pyridine rings is 1. The average Bonchev–Trinajstić information content (AvgIpc) is 2.98. The summed E-state index contributed by atoms with van der Waals surface area (Å²) in [6.07, 6.45) is 11.2. The van der Waals surface area contributed by atoms with Gasteiger partial charge in [-0.15, -0.1) is 24.8 Å². The van der Waals surface area contributed by atoms with E-state index in [9.17, 15) is 4.79 Å². The number of carbonyl (C=O) groups excluding carboxylic acids is 1. The maximum absolute atomic E-state index is 12.2. The fourth-order valence-electron chi connectivity index (χ4n) is 3.60. The van der Waals surface area contributed by atoms with Gasteiger partial charge >= 0.3 is 0 Å². The largest absolute Gasteiger partial charge is 0.356 e. The minimum Gasteiger partial charge on any atom is -0.356 e. The molecule has 0 aliphatic heterocycles. The van der Waals surface area contributed by atoms with Crippen molar-refractivity contribution in [2.45, 2.75) is 44.9 Å². The lowest BCUT2D eigenvalue weighted by Gasteiger charge is -2.35. The molecule has 140 valence electrons. The predicted octanol–water partition coefficient (Wildman–Crippen LogP) is 3.14. The lowest BCUT2D eigenvalue weighted by atomic mass is 9.71. The SMILES string of the molecule is Cl.Cl.NCC1(CC(=O)NCCc2cn3ccccc3n2)CCCCC1. The molecule has 7 heteroatoms. The van der Waals surface area contributed by atoms with Crippen molar-refractivity contribution in [1.29, 1.82) is 0 Å². The first-order valence-corrected chi connectivity index (χ1v) is 8.60. The van der Waals surface area contributed by atoms with Gasteiger partial charge in [-0.2, -0.15) is 0 Å². The van der Waals surface area contributed by atoms with Crippen LogP contribution in [0.1, 0.15) is 44.2 Å². The molecule has 1 amide bonds. The van der Waals surface area contributed by atoms with E-state index in [4.69, 9.17) is 5.73 Å². The van der Waals surface area contributed by atoms with Crippen LogP contribution in [0.2, 0.25) is 0 Å². The zero-order chi connectivity index (χ0) is 16.1. The van der Waals surface area contributed by atoms with Crippen molar-refractivity contribution in [1.82, 2.24) is 14.7 Å². The topological polar surface area (TPSA) is 72.4 Å². The highest BCUT2D eigenvalue weighted by Gasteiger charge is 2.32. The number of nitrogens with two attached hydrogens (primary N) is 1. The van der Waals surface area contributed by atoms with Crippen LogP contribution in [0, 0.1) is 5.41 Å². The van der Waals surface area contributed by atoms with Crippen LogP contribution in [0.25, 0.3) is 5.65 Å². The molecule has 1 aliphatic rings. The van der Waals surface area contributed by atoms with Gasteiger partial charge in [0.15, 0.2) is 0 Å². The molecular formula is C18H28Cl2N4O. The summed E-state index contributed by atoms with van der Waals surface area (Å²) in [4.78, 5) is 16.8. The van der Waals surface area contributed by atoms with Gasteiger partial charge < -0.3 is 15.5 Å². The molecule has 0 spiro atoms. The van der Waals surface area contributed by atoms with E-state index in [1.807, 2.05) is 35.0 Å². The van der Waals surface area contributed by atoms with Crippen LogP contribution < -0.4 is 11.1 Å². The van der Waals surface area contributed by atoms with Crippen molar-refractivity contribution in [2.75, 3.05) is 13.1 Å². The van der Waals surface area contributed by atoms with Crippen molar-refractivity contribution in [3.63, 3.8) is 0 Å². The third-order valence-corrected chi connectivity index (χ3v) is 5.00. The predicted molar refractivity (Wildman–Crippen MR) is 106 cm³/mol. The lowest BCUT2D eigenvalue weighted by Crippen LogP contribution is -2.39. The van der Waals surface area contributed by atoms with Gasteiger partial charge in [0.1, 0.15) is 5.65 Å². The van der Waals surface area contributed by atoms with Crippen LogP contribution in [0.5, 0.6) is 0 Å². The molecule has 2 aromatic heterocycles. The zero-order valence-corrected chi connectivity index (χ0v) is 16.1. The first kappa shape index (κ1) is 21.7. The van der Waals surface area contributed by atoms with Crippen LogP contribution in [0.15, 0.2) is 30.6 Å². The second kappa shape index (κ2) is 10.00. The summed E-state index contributed by atoms with van der Waals surface area (Å²) in [6, 6.07) is 5.94. The van der Waals surface area contributed by atoms with E-state index in [1.165, 1.54) is 19.3 Å². The van der Waals surface area contributed by atoms with Gasteiger partial charge in [0, 0.05) is 31.8 Å². The van der Waals surface area contributed by atoms with E-state index < -0.39 is 0 Å². The molecule has 1 saturated carbocycles. The third kappa shape index (κ3) is 5.59. The molecule has 0 aromatic carbocycles. The monoisotopic (exact) mass is 386 g/mol. The Hall–Kier alpha value is -1.30. The summed E-state index contributed by atoms with van der Waals surface area (Å²) >= 11 is 0. The molecular weight excluding hydrogens is 359 g/mol. The fraction of sp³-hybridized carbons (Fsp3) is 0.556. The number of amides is 1. The number of carbonyl (C=O) groups is 1. The number of hydrogen-bond donors (Lipinski definition) is 2. The van der Waals surface area contributed by atoms with Gasteiger partial charge in [-0.25, -0.2) is 4.98 Å². The highest BCUT2D eigenvalue weighted by Crippen LogP contribution is 2.38. The minimum atomic E-state index is 0. The molecule has 0 unspecified atom stereocenters. The maximum atomic E-state index is 12.2. The number of fused-ring (bicyclic) bond motifs is 1. The molecule has 0 bridgehead atoms. The van der Waals surface area contributed by atoms with Crippen LogP contribution >= 0.6 is 24.8 Å². The Balaban J connectivity index is 0.00000156. The van der Waals surface area contributed by atoms with Crippen molar-refractivity contribution in [2.24, 2.45) is 11.1 Å². The highest BCUT2D eigenvalue weighted by atomic mass is 35.5. The molecule has 2 aromatic rings. The summed E-state index contributed by atoms with van der Waals surface area (Å²) < 4.78 is 2.00. The zero-order valence-electron chi connectivity index (χ0n) is 14.4.